The lowest BCUT2D eigenvalue weighted by atomic mass is 10.1. The minimum atomic E-state index is 0.132. The van der Waals surface area contributed by atoms with Gasteiger partial charge in [-0.25, -0.2) is 0 Å². The first-order valence-corrected chi connectivity index (χ1v) is 9.34. The summed E-state index contributed by atoms with van der Waals surface area (Å²) in [5.74, 6) is 0.976. The Morgan fingerprint density at radius 3 is 2.72 bits per heavy atom. The summed E-state index contributed by atoms with van der Waals surface area (Å²) in [4.78, 5) is 15.2. The van der Waals surface area contributed by atoms with E-state index >= 15 is 0 Å². The first-order valence-electron chi connectivity index (χ1n) is 9.34. The SMILES string of the molecule is COCCn1cc(C(=O)N2CCCCC2)c2c(OC3CC3)cccc21. The molecule has 1 aromatic heterocycles. The number of rotatable bonds is 6. The van der Waals surface area contributed by atoms with Crippen LogP contribution in [0.25, 0.3) is 10.9 Å². The number of carbonyl (C=O) groups is 1. The Hall–Kier alpha value is -2.01. The molecule has 1 aliphatic carbocycles. The minimum Gasteiger partial charge on any atom is -0.490 e. The van der Waals surface area contributed by atoms with E-state index in [9.17, 15) is 4.79 Å². The second kappa shape index (κ2) is 7.08. The Kier molecular flexibility index (Phi) is 4.66. The van der Waals surface area contributed by atoms with Crippen LogP contribution in [0.3, 0.4) is 0 Å². The summed E-state index contributed by atoms with van der Waals surface area (Å²) in [5, 5.41) is 0.959. The van der Waals surface area contributed by atoms with Crippen molar-refractivity contribution >= 4 is 16.8 Å². The van der Waals surface area contributed by atoms with E-state index in [1.165, 1.54) is 6.42 Å². The number of hydrogen-bond acceptors (Lipinski definition) is 3. The van der Waals surface area contributed by atoms with E-state index in [0.29, 0.717) is 12.7 Å². The van der Waals surface area contributed by atoms with E-state index in [2.05, 4.69) is 10.6 Å². The average molecular weight is 342 g/mol. The number of benzene rings is 1. The van der Waals surface area contributed by atoms with Crippen LogP contribution < -0.4 is 4.74 Å². The molecule has 2 aromatic rings. The highest BCUT2D eigenvalue weighted by Crippen LogP contribution is 2.36. The predicted octanol–water partition coefficient (Wildman–Crippen LogP) is 3.46. The number of amides is 1. The molecule has 1 amide bonds. The van der Waals surface area contributed by atoms with Gasteiger partial charge in [0.15, 0.2) is 0 Å². The number of hydrogen-bond donors (Lipinski definition) is 0. The predicted molar refractivity (Wildman–Crippen MR) is 97.2 cm³/mol. The summed E-state index contributed by atoms with van der Waals surface area (Å²) >= 11 is 0. The second-order valence-electron chi connectivity index (χ2n) is 7.05. The normalized spacial score (nSPS) is 17.9. The van der Waals surface area contributed by atoms with Crippen molar-refractivity contribution in [3.8, 4) is 5.75 Å². The number of methoxy groups -OCH3 is 1. The molecular weight excluding hydrogens is 316 g/mol. The molecule has 1 saturated heterocycles. The molecule has 0 N–H and O–H groups in total. The minimum absolute atomic E-state index is 0.132. The molecule has 4 rings (SSSR count). The van der Waals surface area contributed by atoms with Crippen LogP contribution in [0, 0.1) is 0 Å². The van der Waals surface area contributed by atoms with Gasteiger partial charge in [-0.1, -0.05) is 6.07 Å². The van der Waals surface area contributed by atoms with Crippen LogP contribution in [0.5, 0.6) is 5.75 Å². The van der Waals surface area contributed by atoms with Gasteiger partial charge >= 0.3 is 0 Å². The standard InChI is InChI=1S/C20H26N2O3/c1-24-13-12-22-14-16(20(23)21-10-3-2-4-11-21)19-17(22)6-5-7-18(19)25-15-8-9-15/h5-7,14-15H,2-4,8-13H2,1H3. The second-order valence-corrected chi connectivity index (χ2v) is 7.05. The quantitative estimate of drug-likeness (QED) is 0.807. The first-order chi connectivity index (χ1) is 12.3. The molecule has 0 spiro atoms. The molecule has 2 aliphatic rings. The number of aromatic nitrogens is 1. The van der Waals surface area contributed by atoms with Crippen LogP contribution in [0.2, 0.25) is 0 Å². The number of fused-ring (bicyclic) bond motifs is 1. The molecule has 0 radical (unpaired) electrons. The lowest BCUT2D eigenvalue weighted by Gasteiger charge is -2.26. The van der Waals surface area contributed by atoms with Gasteiger partial charge in [0.2, 0.25) is 0 Å². The molecule has 25 heavy (non-hydrogen) atoms. The Morgan fingerprint density at radius 2 is 2.00 bits per heavy atom. The van der Waals surface area contributed by atoms with Gasteiger partial charge in [-0.2, -0.15) is 0 Å². The molecule has 1 aromatic carbocycles. The van der Waals surface area contributed by atoms with E-state index in [-0.39, 0.29) is 5.91 Å². The monoisotopic (exact) mass is 342 g/mol. The third-order valence-electron chi connectivity index (χ3n) is 5.10. The zero-order chi connectivity index (χ0) is 17.2. The Bertz CT molecular complexity index is 758. The van der Waals surface area contributed by atoms with E-state index in [0.717, 1.165) is 67.5 Å². The third kappa shape index (κ3) is 3.38. The Labute approximate surface area is 148 Å². The average Bonchev–Trinajstić information content (AvgIpc) is 3.39. The number of ether oxygens (including phenoxy) is 2. The highest BCUT2D eigenvalue weighted by molar-refractivity contribution is 6.09. The molecule has 2 heterocycles. The number of carbonyl (C=O) groups excluding carboxylic acids is 1. The fourth-order valence-corrected chi connectivity index (χ4v) is 3.59. The zero-order valence-corrected chi connectivity index (χ0v) is 14.9. The van der Waals surface area contributed by atoms with Gasteiger partial charge in [0.1, 0.15) is 5.75 Å². The van der Waals surface area contributed by atoms with Gasteiger partial charge in [0.05, 0.1) is 29.2 Å². The maximum Gasteiger partial charge on any atom is 0.256 e. The van der Waals surface area contributed by atoms with Gasteiger partial charge in [-0.05, 0) is 44.2 Å². The fourth-order valence-electron chi connectivity index (χ4n) is 3.59. The topological polar surface area (TPSA) is 43.7 Å². The highest BCUT2D eigenvalue weighted by Gasteiger charge is 2.28. The Balaban J connectivity index is 1.75. The highest BCUT2D eigenvalue weighted by atomic mass is 16.5. The fraction of sp³-hybridized carbons (Fsp3) is 0.550. The van der Waals surface area contributed by atoms with Crippen LogP contribution >= 0.6 is 0 Å². The van der Waals surface area contributed by atoms with Gasteiger partial charge in [-0.15, -0.1) is 0 Å². The molecule has 2 fully saturated rings. The molecule has 1 saturated carbocycles. The third-order valence-corrected chi connectivity index (χ3v) is 5.10. The molecule has 134 valence electrons. The molecule has 0 atom stereocenters. The number of likely N-dealkylation sites (tertiary alicyclic amines) is 1. The van der Waals surface area contributed by atoms with Crippen molar-refractivity contribution in [3.05, 3.63) is 30.0 Å². The van der Waals surface area contributed by atoms with E-state index in [1.54, 1.807) is 7.11 Å². The van der Waals surface area contributed by atoms with Crippen molar-refractivity contribution in [3.63, 3.8) is 0 Å². The van der Waals surface area contributed by atoms with Crippen LogP contribution in [-0.4, -0.2) is 48.3 Å². The number of piperidine rings is 1. The lowest BCUT2D eigenvalue weighted by molar-refractivity contribution is 0.0725. The smallest absolute Gasteiger partial charge is 0.256 e. The van der Waals surface area contributed by atoms with Crippen molar-refractivity contribution in [2.75, 3.05) is 26.8 Å². The summed E-state index contributed by atoms with van der Waals surface area (Å²) in [6.07, 6.45) is 7.92. The number of nitrogens with zero attached hydrogens (tertiary/aromatic N) is 2. The maximum atomic E-state index is 13.2. The molecule has 5 nitrogen and oxygen atoms in total. The van der Waals surface area contributed by atoms with Gasteiger partial charge < -0.3 is 18.9 Å². The Morgan fingerprint density at radius 1 is 1.20 bits per heavy atom. The summed E-state index contributed by atoms with van der Waals surface area (Å²) in [6.45, 7) is 3.06. The van der Waals surface area contributed by atoms with E-state index in [1.807, 2.05) is 23.2 Å². The van der Waals surface area contributed by atoms with Crippen LogP contribution in [0.1, 0.15) is 42.5 Å². The summed E-state index contributed by atoms with van der Waals surface area (Å²) in [7, 11) is 1.70. The summed E-state index contributed by atoms with van der Waals surface area (Å²) in [5.41, 5.74) is 1.82. The van der Waals surface area contributed by atoms with E-state index in [4.69, 9.17) is 9.47 Å². The summed E-state index contributed by atoms with van der Waals surface area (Å²) < 4.78 is 13.5. The molecule has 0 bridgehead atoms. The van der Waals surface area contributed by atoms with Gasteiger partial charge in [-0.3, -0.25) is 4.79 Å². The molecule has 5 heteroatoms. The molecular formula is C20H26N2O3. The summed E-state index contributed by atoms with van der Waals surface area (Å²) in [6, 6.07) is 6.07. The molecule has 1 aliphatic heterocycles. The van der Waals surface area contributed by atoms with Crippen molar-refractivity contribution in [1.29, 1.82) is 0 Å². The van der Waals surface area contributed by atoms with Gasteiger partial charge in [0.25, 0.3) is 5.91 Å². The maximum absolute atomic E-state index is 13.2. The van der Waals surface area contributed by atoms with Gasteiger partial charge in [0, 0.05) is 32.9 Å². The van der Waals surface area contributed by atoms with Crippen molar-refractivity contribution < 1.29 is 14.3 Å². The lowest BCUT2D eigenvalue weighted by Crippen LogP contribution is -2.35. The van der Waals surface area contributed by atoms with Crippen LogP contribution in [0.4, 0.5) is 0 Å². The first kappa shape index (κ1) is 16.5. The molecule has 0 unspecified atom stereocenters. The van der Waals surface area contributed by atoms with Crippen LogP contribution in [-0.2, 0) is 11.3 Å². The van der Waals surface area contributed by atoms with Crippen molar-refractivity contribution in [1.82, 2.24) is 9.47 Å². The largest absolute Gasteiger partial charge is 0.490 e. The zero-order valence-electron chi connectivity index (χ0n) is 14.9. The van der Waals surface area contributed by atoms with Crippen molar-refractivity contribution in [2.45, 2.75) is 44.8 Å². The van der Waals surface area contributed by atoms with Crippen LogP contribution in [0.15, 0.2) is 24.4 Å². The van der Waals surface area contributed by atoms with E-state index < -0.39 is 0 Å². The van der Waals surface area contributed by atoms with Crippen molar-refractivity contribution in [2.24, 2.45) is 0 Å².